The van der Waals surface area contributed by atoms with Crippen molar-refractivity contribution in [3.8, 4) is 5.75 Å². The normalized spacial score (nSPS) is 28.0. The van der Waals surface area contributed by atoms with Gasteiger partial charge in [-0.15, -0.1) is 0 Å². The van der Waals surface area contributed by atoms with E-state index in [4.69, 9.17) is 23.5 Å². The second-order valence-electron chi connectivity index (χ2n) is 8.16. The van der Waals surface area contributed by atoms with Crippen LogP contribution in [0.4, 0.5) is 0 Å². The first kappa shape index (κ1) is 27.3. The Balaban J connectivity index is 2.35. The maximum absolute atomic E-state index is 14.1. The zero-order valence-electron chi connectivity index (χ0n) is 20.0. The molecule has 1 heterocycles. The van der Waals surface area contributed by atoms with Crippen molar-refractivity contribution in [3.63, 3.8) is 0 Å². The van der Waals surface area contributed by atoms with Gasteiger partial charge in [0.15, 0.2) is 5.85 Å². The summed E-state index contributed by atoms with van der Waals surface area (Å²) in [6.07, 6.45) is 3.65. The SMILES string of the molecule is CCCCOC[C@H]1O[P@@](=O)(c2cccc(OC)c2)C(O)[C@@H](OCCCC)[C@@H]1OCCCC. The van der Waals surface area contributed by atoms with Gasteiger partial charge in [0.05, 0.1) is 13.7 Å². The van der Waals surface area contributed by atoms with Gasteiger partial charge >= 0.3 is 0 Å². The predicted molar refractivity (Wildman–Crippen MR) is 126 cm³/mol. The summed E-state index contributed by atoms with van der Waals surface area (Å²) >= 11 is 0. The summed E-state index contributed by atoms with van der Waals surface area (Å²) < 4.78 is 43.7. The van der Waals surface area contributed by atoms with Crippen molar-refractivity contribution in [2.45, 2.75) is 83.5 Å². The van der Waals surface area contributed by atoms with Crippen LogP contribution in [-0.4, -0.2) is 62.8 Å². The molecule has 8 heteroatoms. The summed E-state index contributed by atoms with van der Waals surface area (Å²) in [5, 5.41) is 11.7. The van der Waals surface area contributed by atoms with Crippen molar-refractivity contribution < 1.29 is 33.1 Å². The van der Waals surface area contributed by atoms with E-state index in [-0.39, 0.29) is 6.61 Å². The molecule has 2 rings (SSSR count). The monoisotopic (exact) mass is 472 g/mol. The lowest BCUT2D eigenvalue weighted by atomic mass is 10.1. The van der Waals surface area contributed by atoms with Crippen LogP contribution in [0.3, 0.4) is 0 Å². The number of benzene rings is 1. The first-order chi connectivity index (χ1) is 15.5. The summed E-state index contributed by atoms with van der Waals surface area (Å²) in [7, 11) is -2.15. The van der Waals surface area contributed by atoms with E-state index in [9.17, 15) is 9.67 Å². The van der Waals surface area contributed by atoms with Crippen LogP contribution in [0, 0.1) is 0 Å². The minimum absolute atomic E-state index is 0.227. The van der Waals surface area contributed by atoms with Crippen LogP contribution in [0.25, 0.3) is 0 Å². The van der Waals surface area contributed by atoms with Gasteiger partial charge in [-0.2, -0.15) is 0 Å². The zero-order chi connectivity index (χ0) is 23.4. The standard InChI is InChI=1S/C24H41O7P/c1-5-8-14-28-18-21-22(29-15-9-6-2)23(30-16-10-7-3)24(25)32(26,31-21)20-13-11-12-19(17-20)27-4/h11-13,17,21-25H,5-10,14-16,18H2,1-4H3/t21-,22-,23+,24?,32+/m1/s1. The van der Waals surface area contributed by atoms with Crippen molar-refractivity contribution in [3.05, 3.63) is 24.3 Å². The van der Waals surface area contributed by atoms with Gasteiger partial charge in [0.2, 0.25) is 0 Å². The second kappa shape index (κ2) is 14.3. The molecule has 0 aromatic heterocycles. The van der Waals surface area contributed by atoms with Crippen molar-refractivity contribution in [1.29, 1.82) is 0 Å². The molecule has 1 unspecified atom stereocenters. The topological polar surface area (TPSA) is 83.5 Å². The highest BCUT2D eigenvalue weighted by Gasteiger charge is 2.54. The fourth-order valence-electron chi connectivity index (χ4n) is 3.60. The van der Waals surface area contributed by atoms with Crippen LogP contribution in [0.2, 0.25) is 0 Å². The fourth-order valence-corrected chi connectivity index (χ4v) is 5.98. The molecule has 1 fully saturated rings. The third kappa shape index (κ3) is 7.28. The highest BCUT2D eigenvalue weighted by atomic mass is 31.2. The largest absolute Gasteiger partial charge is 0.497 e. The Bertz CT molecular complexity index is 699. The molecule has 1 aromatic carbocycles. The smallest absolute Gasteiger partial charge is 0.263 e. The van der Waals surface area contributed by atoms with Gasteiger partial charge in [0.25, 0.3) is 7.37 Å². The van der Waals surface area contributed by atoms with E-state index in [1.807, 2.05) is 0 Å². The highest BCUT2D eigenvalue weighted by Crippen LogP contribution is 2.57. The molecule has 1 aromatic rings. The number of hydrogen-bond acceptors (Lipinski definition) is 7. The Morgan fingerprint density at radius 1 is 0.969 bits per heavy atom. The molecule has 0 saturated carbocycles. The first-order valence-electron chi connectivity index (χ1n) is 11.9. The van der Waals surface area contributed by atoms with Crippen LogP contribution >= 0.6 is 7.37 Å². The third-order valence-electron chi connectivity index (χ3n) is 5.58. The van der Waals surface area contributed by atoms with Crippen LogP contribution in [-0.2, 0) is 23.3 Å². The fraction of sp³-hybridized carbons (Fsp3) is 0.750. The van der Waals surface area contributed by atoms with E-state index in [1.165, 1.54) is 0 Å². The van der Waals surface area contributed by atoms with Crippen LogP contribution in [0.15, 0.2) is 24.3 Å². The van der Waals surface area contributed by atoms with Gasteiger partial charge in [0.1, 0.15) is 24.1 Å². The van der Waals surface area contributed by atoms with Crippen LogP contribution in [0.1, 0.15) is 59.3 Å². The molecule has 1 N–H and O–H groups in total. The van der Waals surface area contributed by atoms with Crippen molar-refractivity contribution >= 4 is 12.7 Å². The van der Waals surface area contributed by atoms with Crippen molar-refractivity contribution in [1.82, 2.24) is 0 Å². The first-order valence-corrected chi connectivity index (χ1v) is 13.6. The molecule has 184 valence electrons. The molecule has 5 atom stereocenters. The summed E-state index contributed by atoms with van der Waals surface area (Å²) in [5.74, 6) is -0.793. The molecule has 0 aliphatic carbocycles. The molecule has 32 heavy (non-hydrogen) atoms. The number of hydrogen-bond donors (Lipinski definition) is 1. The predicted octanol–water partition coefficient (Wildman–Crippen LogP) is 4.50. The number of rotatable bonds is 15. The van der Waals surface area contributed by atoms with Gasteiger partial charge in [-0.3, -0.25) is 4.57 Å². The lowest BCUT2D eigenvalue weighted by Gasteiger charge is -2.44. The van der Waals surface area contributed by atoms with E-state index in [1.54, 1.807) is 31.4 Å². The minimum Gasteiger partial charge on any atom is -0.497 e. The molecule has 1 saturated heterocycles. The molecule has 7 nitrogen and oxygen atoms in total. The van der Waals surface area contributed by atoms with Crippen LogP contribution < -0.4 is 10.0 Å². The van der Waals surface area contributed by atoms with Crippen molar-refractivity contribution in [2.75, 3.05) is 33.5 Å². The number of ether oxygens (including phenoxy) is 4. The minimum atomic E-state index is -3.70. The molecule has 1 aliphatic heterocycles. The molecular weight excluding hydrogens is 431 g/mol. The molecule has 0 radical (unpaired) electrons. The molecule has 1 aliphatic rings. The molecular formula is C24H41O7P. The number of aliphatic hydroxyl groups excluding tert-OH is 1. The molecule has 0 spiro atoms. The Morgan fingerprint density at radius 2 is 1.59 bits per heavy atom. The van der Waals surface area contributed by atoms with E-state index >= 15 is 0 Å². The lowest BCUT2D eigenvalue weighted by Crippen LogP contribution is -2.55. The summed E-state index contributed by atoms with van der Waals surface area (Å²) in [4.78, 5) is 0. The van der Waals surface area contributed by atoms with Gasteiger partial charge in [-0.1, -0.05) is 46.1 Å². The lowest BCUT2D eigenvalue weighted by molar-refractivity contribution is -0.166. The van der Waals surface area contributed by atoms with Gasteiger partial charge in [0, 0.05) is 25.1 Å². The molecule has 0 amide bonds. The maximum atomic E-state index is 14.1. The number of aliphatic hydroxyl groups is 1. The average molecular weight is 473 g/mol. The van der Waals surface area contributed by atoms with E-state index in [0.717, 1.165) is 38.5 Å². The van der Waals surface area contributed by atoms with E-state index in [2.05, 4.69) is 20.8 Å². The Kier molecular flexibility index (Phi) is 12.2. The number of unbranched alkanes of at least 4 members (excludes halogenated alkanes) is 3. The second-order valence-corrected chi connectivity index (χ2v) is 10.6. The van der Waals surface area contributed by atoms with E-state index < -0.39 is 31.5 Å². The van der Waals surface area contributed by atoms with Crippen molar-refractivity contribution in [2.24, 2.45) is 0 Å². The Labute approximate surface area is 193 Å². The summed E-state index contributed by atoms with van der Waals surface area (Å²) in [6, 6.07) is 6.86. The summed E-state index contributed by atoms with van der Waals surface area (Å²) in [6.45, 7) is 8.05. The van der Waals surface area contributed by atoms with Gasteiger partial charge in [-0.25, -0.2) is 0 Å². The highest BCUT2D eigenvalue weighted by molar-refractivity contribution is 7.67. The van der Waals surface area contributed by atoms with Gasteiger partial charge in [-0.05, 0) is 37.5 Å². The Morgan fingerprint density at radius 3 is 2.22 bits per heavy atom. The zero-order valence-corrected chi connectivity index (χ0v) is 20.9. The average Bonchev–Trinajstić information content (AvgIpc) is 2.81. The maximum Gasteiger partial charge on any atom is 0.263 e. The summed E-state index contributed by atoms with van der Waals surface area (Å²) in [5.41, 5.74) is 0. The Hall–Kier alpha value is -0.950. The van der Waals surface area contributed by atoms with E-state index in [0.29, 0.717) is 30.9 Å². The molecule has 0 bridgehead atoms. The quantitative estimate of drug-likeness (QED) is 0.297. The van der Waals surface area contributed by atoms with Crippen LogP contribution in [0.5, 0.6) is 5.75 Å². The number of methoxy groups -OCH3 is 1. The third-order valence-corrected chi connectivity index (χ3v) is 8.15. The van der Waals surface area contributed by atoms with Gasteiger partial charge < -0.3 is 28.6 Å².